The number of aromatic nitrogens is 3. The zero-order valence-electron chi connectivity index (χ0n) is 13.3. The Morgan fingerprint density at radius 2 is 2.00 bits per heavy atom. The fourth-order valence-corrected chi connectivity index (χ4v) is 3.42. The molecule has 1 saturated heterocycles. The molecule has 0 saturated carbocycles. The number of alkyl halides is 2. The fourth-order valence-electron chi connectivity index (χ4n) is 3.22. The van der Waals surface area contributed by atoms with Crippen LogP contribution in [0.25, 0.3) is 22.3 Å². The summed E-state index contributed by atoms with van der Waals surface area (Å²) in [5.41, 5.74) is 1.42. The molecule has 1 unspecified atom stereocenters. The minimum absolute atomic E-state index is 0.0272. The van der Waals surface area contributed by atoms with Crippen molar-refractivity contribution in [2.45, 2.75) is 31.9 Å². The van der Waals surface area contributed by atoms with Crippen LogP contribution >= 0.6 is 11.6 Å². The van der Waals surface area contributed by atoms with Gasteiger partial charge in [-0.15, -0.1) is 0 Å². The van der Waals surface area contributed by atoms with Crippen molar-refractivity contribution in [1.29, 1.82) is 0 Å². The lowest BCUT2D eigenvalue weighted by molar-refractivity contribution is -0.0368. The van der Waals surface area contributed by atoms with Gasteiger partial charge in [-0.1, -0.05) is 41.9 Å². The van der Waals surface area contributed by atoms with Gasteiger partial charge in [-0.2, -0.15) is 5.10 Å². The highest BCUT2D eigenvalue weighted by Crippen LogP contribution is 2.38. The van der Waals surface area contributed by atoms with Crippen molar-refractivity contribution in [2.24, 2.45) is 0 Å². The second kappa shape index (κ2) is 6.69. The van der Waals surface area contributed by atoms with Gasteiger partial charge < -0.3 is 4.74 Å². The lowest BCUT2D eigenvalue weighted by atomic mass is 10.1. The molecule has 0 aliphatic carbocycles. The van der Waals surface area contributed by atoms with Gasteiger partial charge in [0.05, 0.1) is 5.39 Å². The number of benzene rings is 1. The van der Waals surface area contributed by atoms with Crippen LogP contribution in [0.5, 0.6) is 0 Å². The van der Waals surface area contributed by atoms with E-state index in [2.05, 4.69) is 10.1 Å². The van der Waals surface area contributed by atoms with Crippen molar-refractivity contribution in [1.82, 2.24) is 14.8 Å². The molecular formula is C18H16ClF2N3O. The smallest absolute Gasteiger partial charge is 0.264 e. The molecule has 25 heavy (non-hydrogen) atoms. The number of hydrogen-bond donors (Lipinski definition) is 0. The highest BCUT2D eigenvalue weighted by atomic mass is 35.5. The Balaban J connectivity index is 2.00. The minimum atomic E-state index is -2.67. The topological polar surface area (TPSA) is 39.9 Å². The van der Waals surface area contributed by atoms with E-state index >= 15 is 0 Å². The van der Waals surface area contributed by atoms with E-state index in [1.54, 1.807) is 4.68 Å². The van der Waals surface area contributed by atoms with E-state index in [0.717, 1.165) is 24.8 Å². The number of rotatable bonds is 3. The van der Waals surface area contributed by atoms with Crippen LogP contribution in [-0.2, 0) is 4.74 Å². The molecule has 7 heteroatoms. The van der Waals surface area contributed by atoms with Gasteiger partial charge in [0.25, 0.3) is 6.43 Å². The lowest BCUT2D eigenvalue weighted by Crippen LogP contribution is -2.19. The van der Waals surface area contributed by atoms with Crippen LogP contribution in [0.4, 0.5) is 8.78 Å². The molecule has 1 fully saturated rings. The summed E-state index contributed by atoms with van der Waals surface area (Å²) in [5, 5.41) is 4.96. The number of pyridine rings is 1. The van der Waals surface area contributed by atoms with Crippen LogP contribution in [0.2, 0.25) is 5.15 Å². The van der Waals surface area contributed by atoms with Gasteiger partial charge in [0, 0.05) is 17.7 Å². The lowest BCUT2D eigenvalue weighted by Gasteiger charge is -2.23. The van der Waals surface area contributed by atoms with Crippen LogP contribution in [-0.4, -0.2) is 21.4 Å². The first-order valence-electron chi connectivity index (χ1n) is 8.19. The summed E-state index contributed by atoms with van der Waals surface area (Å²) in [7, 11) is 0. The van der Waals surface area contributed by atoms with Crippen LogP contribution in [0, 0.1) is 0 Å². The molecular weight excluding hydrogens is 348 g/mol. The van der Waals surface area contributed by atoms with Gasteiger partial charge in [-0.05, 0) is 25.3 Å². The zero-order valence-corrected chi connectivity index (χ0v) is 14.1. The quantitative estimate of drug-likeness (QED) is 0.586. The summed E-state index contributed by atoms with van der Waals surface area (Å²) >= 11 is 6.01. The molecule has 2 aromatic heterocycles. The summed E-state index contributed by atoms with van der Waals surface area (Å²) in [6.45, 7) is 0.620. The van der Waals surface area contributed by atoms with E-state index in [4.69, 9.17) is 16.3 Å². The molecule has 4 rings (SSSR count). The van der Waals surface area contributed by atoms with Gasteiger partial charge in [0.15, 0.2) is 11.9 Å². The maximum atomic E-state index is 13.7. The van der Waals surface area contributed by atoms with Crippen molar-refractivity contribution >= 4 is 22.6 Å². The van der Waals surface area contributed by atoms with Gasteiger partial charge in [-0.3, -0.25) is 0 Å². The third-order valence-electron chi connectivity index (χ3n) is 4.37. The van der Waals surface area contributed by atoms with E-state index in [1.807, 2.05) is 30.3 Å². The van der Waals surface area contributed by atoms with Crippen molar-refractivity contribution < 1.29 is 13.5 Å². The molecule has 130 valence electrons. The van der Waals surface area contributed by atoms with Gasteiger partial charge >= 0.3 is 0 Å². The Hall–Kier alpha value is -2.05. The first-order valence-corrected chi connectivity index (χ1v) is 8.57. The van der Waals surface area contributed by atoms with Gasteiger partial charge in [0.1, 0.15) is 10.8 Å². The normalized spacial score (nSPS) is 18.2. The zero-order chi connectivity index (χ0) is 17.4. The second-order valence-corrected chi connectivity index (χ2v) is 6.40. The molecule has 3 heterocycles. The Morgan fingerprint density at radius 3 is 2.68 bits per heavy atom. The Kier molecular flexibility index (Phi) is 4.39. The summed E-state index contributed by atoms with van der Waals surface area (Å²) < 4.78 is 34.7. The first kappa shape index (κ1) is 16.4. The molecule has 3 aromatic rings. The largest absolute Gasteiger partial charge is 0.356 e. The molecule has 0 bridgehead atoms. The first-order chi connectivity index (χ1) is 12.1. The summed E-state index contributed by atoms with van der Waals surface area (Å²) in [6, 6.07) is 10.5. The predicted molar refractivity (Wildman–Crippen MR) is 91.8 cm³/mol. The third kappa shape index (κ3) is 3.00. The molecule has 4 nitrogen and oxygen atoms in total. The summed E-state index contributed by atoms with van der Waals surface area (Å²) in [6.07, 6.45) is -0.240. The molecule has 1 aliphatic rings. The molecule has 1 aliphatic heterocycles. The van der Waals surface area contributed by atoms with E-state index in [0.29, 0.717) is 23.3 Å². The number of halogens is 3. The monoisotopic (exact) mass is 363 g/mol. The molecule has 0 radical (unpaired) electrons. The number of ether oxygens (including phenoxy) is 1. The van der Waals surface area contributed by atoms with E-state index < -0.39 is 6.43 Å². The molecule has 1 atom stereocenters. The minimum Gasteiger partial charge on any atom is -0.356 e. The number of nitrogens with zero attached hydrogens (tertiary/aromatic N) is 3. The Bertz CT molecular complexity index is 892. The van der Waals surface area contributed by atoms with E-state index in [-0.39, 0.29) is 16.9 Å². The molecule has 1 aromatic carbocycles. The highest BCUT2D eigenvalue weighted by Gasteiger charge is 2.27. The van der Waals surface area contributed by atoms with E-state index in [9.17, 15) is 8.78 Å². The summed E-state index contributed by atoms with van der Waals surface area (Å²) in [4.78, 5) is 4.29. The summed E-state index contributed by atoms with van der Waals surface area (Å²) in [5.74, 6) is 0. The highest BCUT2D eigenvalue weighted by molar-refractivity contribution is 6.30. The molecule has 0 spiro atoms. The maximum Gasteiger partial charge on any atom is 0.264 e. The van der Waals surface area contributed by atoms with Gasteiger partial charge in [0.2, 0.25) is 0 Å². The van der Waals surface area contributed by atoms with Crippen molar-refractivity contribution in [2.75, 3.05) is 6.61 Å². The van der Waals surface area contributed by atoms with Crippen LogP contribution in [0.15, 0.2) is 36.4 Å². The maximum absolute atomic E-state index is 13.7. The van der Waals surface area contributed by atoms with Crippen LogP contribution in [0.1, 0.15) is 37.5 Å². The van der Waals surface area contributed by atoms with Crippen LogP contribution < -0.4 is 0 Å². The average molecular weight is 364 g/mol. The van der Waals surface area contributed by atoms with Crippen LogP contribution in [0.3, 0.4) is 0 Å². The molecule has 0 amide bonds. The standard InChI is InChI=1S/C18H16ClF2N3O/c19-13-10-12(17(20)21)15-16(11-6-2-1-3-7-11)23-24(18(15)22-13)14-8-4-5-9-25-14/h1-3,6-7,10,14,17H,4-5,8-9H2. The Labute approximate surface area is 148 Å². The third-order valence-corrected chi connectivity index (χ3v) is 4.57. The number of fused-ring (bicyclic) bond motifs is 1. The fraction of sp³-hybridized carbons (Fsp3) is 0.333. The SMILES string of the molecule is FC(F)c1cc(Cl)nc2c1c(-c1ccccc1)nn2C1CCCCO1. The van der Waals surface area contributed by atoms with Crippen molar-refractivity contribution in [3.63, 3.8) is 0 Å². The predicted octanol–water partition coefficient (Wildman–Crippen LogP) is 5.39. The average Bonchev–Trinajstić information content (AvgIpc) is 3.01. The van der Waals surface area contributed by atoms with Crippen molar-refractivity contribution in [3.05, 3.63) is 47.1 Å². The van der Waals surface area contributed by atoms with Gasteiger partial charge in [-0.25, -0.2) is 18.4 Å². The number of hydrogen-bond acceptors (Lipinski definition) is 3. The van der Waals surface area contributed by atoms with E-state index in [1.165, 1.54) is 6.07 Å². The molecule has 0 N–H and O–H groups in total. The second-order valence-electron chi connectivity index (χ2n) is 6.01. The Morgan fingerprint density at radius 1 is 1.20 bits per heavy atom. The van der Waals surface area contributed by atoms with Crippen molar-refractivity contribution in [3.8, 4) is 11.3 Å².